The molecule has 176 valence electrons. The Hall–Kier alpha value is -1.94. The Bertz CT molecular complexity index is 1030. The summed E-state index contributed by atoms with van der Waals surface area (Å²) >= 11 is -3.19. The number of hydrogen-bond acceptors (Lipinski definition) is 5. The third-order valence-corrected chi connectivity index (χ3v) is 8.45. The lowest BCUT2D eigenvalue weighted by molar-refractivity contribution is 0.0528. The number of hydrogen-bond donors (Lipinski definition) is 0. The second kappa shape index (κ2) is 10.8. The SMILES string of the molecule is CCCC(C(=O)c1ccc(C)cc1)C(CN(S(=O)[O-])S(=O)(=O)c1ccccc1)C(C)(C)F. The van der Waals surface area contributed by atoms with Crippen LogP contribution in [0.3, 0.4) is 0 Å². The Morgan fingerprint density at radius 2 is 1.69 bits per heavy atom. The molecule has 0 heterocycles. The van der Waals surface area contributed by atoms with Gasteiger partial charge in [0.1, 0.15) is 5.67 Å². The van der Waals surface area contributed by atoms with Gasteiger partial charge in [-0.05, 0) is 39.3 Å². The van der Waals surface area contributed by atoms with Gasteiger partial charge in [-0.1, -0.05) is 61.4 Å². The van der Waals surface area contributed by atoms with Crippen molar-refractivity contribution in [1.29, 1.82) is 0 Å². The molecule has 0 saturated carbocycles. The van der Waals surface area contributed by atoms with Crippen molar-refractivity contribution in [2.75, 3.05) is 6.54 Å². The van der Waals surface area contributed by atoms with Gasteiger partial charge in [0.2, 0.25) is 0 Å². The van der Waals surface area contributed by atoms with Gasteiger partial charge in [-0.15, -0.1) is 3.71 Å². The van der Waals surface area contributed by atoms with Crippen molar-refractivity contribution in [3.8, 4) is 0 Å². The van der Waals surface area contributed by atoms with Crippen molar-refractivity contribution >= 4 is 27.1 Å². The fourth-order valence-corrected chi connectivity index (χ4v) is 5.96. The van der Waals surface area contributed by atoms with Crippen LogP contribution in [0.2, 0.25) is 0 Å². The summed E-state index contributed by atoms with van der Waals surface area (Å²) in [4.78, 5) is 13.1. The van der Waals surface area contributed by atoms with Gasteiger partial charge in [-0.2, -0.15) is 0 Å². The molecule has 6 nitrogen and oxygen atoms in total. The molecule has 0 bridgehead atoms. The fourth-order valence-electron chi connectivity index (χ4n) is 3.69. The van der Waals surface area contributed by atoms with Crippen molar-refractivity contribution in [2.45, 2.75) is 51.1 Å². The molecule has 2 aromatic carbocycles. The third kappa shape index (κ3) is 6.31. The van der Waals surface area contributed by atoms with Gasteiger partial charge in [0.25, 0.3) is 10.0 Å². The van der Waals surface area contributed by atoms with E-state index in [4.69, 9.17) is 0 Å². The van der Waals surface area contributed by atoms with E-state index in [1.165, 1.54) is 38.1 Å². The number of benzene rings is 2. The summed E-state index contributed by atoms with van der Waals surface area (Å²) in [5.41, 5.74) is -0.689. The number of carbonyl (C=O) groups excluding carboxylic acids is 1. The standard InChI is InChI=1S/C23H30FNO5S2/c1-5-9-20(22(26)18-14-12-17(2)13-15-18)21(23(3,4)24)16-25(31(27)28)32(29,30)19-10-7-6-8-11-19/h6-8,10-15,20-21H,5,9,16H2,1-4H3,(H,27,28)/p-1. The first-order valence-electron chi connectivity index (χ1n) is 10.4. The van der Waals surface area contributed by atoms with Crippen LogP contribution in [0.25, 0.3) is 0 Å². The summed E-state index contributed by atoms with van der Waals surface area (Å²) in [5.74, 6) is -2.43. The molecule has 9 heteroatoms. The minimum absolute atomic E-state index is 0.225. The van der Waals surface area contributed by atoms with Gasteiger partial charge in [0.15, 0.2) is 5.78 Å². The summed E-state index contributed by atoms with van der Waals surface area (Å²) in [6, 6.07) is 13.9. The fraction of sp³-hybridized carbons (Fsp3) is 0.435. The first-order valence-corrected chi connectivity index (χ1v) is 12.8. The molecule has 0 N–H and O–H groups in total. The molecule has 0 saturated heterocycles. The summed E-state index contributed by atoms with van der Waals surface area (Å²) < 4.78 is 65.7. The molecule has 0 aliphatic carbocycles. The Balaban J connectivity index is 2.50. The number of nitrogens with zero attached hydrogens (tertiary/aromatic N) is 1. The molecule has 0 spiro atoms. The Labute approximate surface area is 192 Å². The van der Waals surface area contributed by atoms with Crippen LogP contribution in [0.4, 0.5) is 4.39 Å². The normalized spacial score (nSPS) is 15.3. The smallest absolute Gasteiger partial charge is 0.253 e. The number of halogens is 1. The molecule has 0 aliphatic rings. The predicted molar refractivity (Wildman–Crippen MR) is 122 cm³/mol. The van der Waals surface area contributed by atoms with Crippen LogP contribution < -0.4 is 0 Å². The van der Waals surface area contributed by atoms with E-state index >= 15 is 4.39 Å². The largest absolute Gasteiger partial charge is 0.759 e. The third-order valence-electron chi connectivity index (χ3n) is 5.46. The summed E-state index contributed by atoms with van der Waals surface area (Å²) in [6.07, 6.45) is 0.830. The molecule has 0 radical (unpaired) electrons. The molecular formula is C23H29FNO5S2-. The van der Waals surface area contributed by atoms with Crippen LogP contribution in [0, 0.1) is 18.8 Å². The molecule has 32 heavy (non-hydrogen) atoms. The number of aryl methyl sites for hydroxylation is 1. The van der Waals surface area contributed by atoms with Crippen LogP contribution in [-0.2, 0) is 21.3 Å². The molecule has 0 fully saturated rings. The Morgan fingerprint density at radius 3 is 2.16 bits per heavy atom. The second-order valence-electron chi connectivity index (χ2n) is 8.32. The zero-order chi connectivity index (χ0) is 24.1. The number of sulfonamides is 1. The first-order chi connectivity index (χ1) is 14.9. The van der Waals surface area contributed by atoms with Crippen molar-refractivity contribution in [3.05, 3.63) is 65.7 Å². The number of carbonyl (C=O) groups is 1. The lowest BCUT2D eigenvalue weighted by atomic mass is 9.75. The summed E-state index contributed by atoms with van der Waals surface area (Å²) in [6.45, 7) is 5.51. The number of rotatable bonds is 11. The number of ketones is 1. The molecule has 3 atom stereocenters. The average Bonchev–Trinajstić information content (AvgIpc) is 2.72. The van der Waals surface area contributed by atoms with E-state index in [0.717, 1.165) is 5.56 Å². The highest BCUT2D eigenvalue weighted by Crippen LogP contribution is 2.36. The maximum Gasteiger partial charge on any atom is 0.253 e. The van der Waals surface area contributed by atoms with Crippen LogP contribution >= 0.6 is 0 Å². The summed E-state index contributed by atoms with van der Waals surface area (Å²) in [5, 5.41) is 0. The van der Waals surface area contributed by atoms with Crippen molar-refractivity contribution in [3.63, 3.8) is 0 Å². The monoisotopic (exact) mass is 482 g/mol. The van der Waals surface area contributed by atoms with Crippen LogP contribution in [-0.4, -0.2) is 38.9 Å². The van der Waals surface area contributed by atoms with E-state index in [1.54, 1.807) is 30.3 Å². The van der Waals surface area contributed by atoms with Crippen molar-refractivity contribution in [2.24, 2.45) is 11.8 Å². The molecule has 0 aliphatic heterocycles. The van der Waals surface area contributed by atoms with Crippen molar-refractivity contribution in [1.82, 2.24) is 3.71 Å². The van der Waals surface area contributed by atoms with E-state index in [9.17, 15) is 22.0 Å². The quantitative estimate of drug-likeness (QED) is 0.348. The molecular weight excluding hydrogens is 453 g/mol. The predicted octanol–water partition coefficient (Wildman–Crippen LogP) is 4.44. The zero-order valence-corrected chi connectivity index (χ0v) is 20.3. The van der Waals surface area contributed by atoms with Gasteiger partial charge in [0, 0.05) is 35.2 Å². The Morgan fingerprint density at radius 1 is 1.12 bits per heavy atom. The minimum Gasteiger partial charge on any atom is -0.759 e. The first kappa shape index (κ1) is 26.3. The molecule has 0 amide bonds. The van der Waals surface area contributed by atoms with Crippen LogP contribution in [0.1, 0.15) is 49.5 Å². The molecule has 2 aromatic rings. The molecule has 3 unspecified atom stereocenters. The Kier molecular flexibility index (Phi) is 8.87. The average molecular weight is 483 g/mol. The maximum atomic E-state index is 15.4. The topological polar surface area (TPSA) is 94.6 Å². The molecule has 0 aromatic heterocycles. The highest BCUT2D eigenvalue weighted by atomic mass is 32.3. The van der Waals surface area contributed by atoms with E-state index in [2.05, 4.69) is 0 Å². The van der Waals surface area contributed by atoms with E-state index < -0.39 is 45.3 Å². The van der Waals surface area contributed by atoms with Gasteiger partial charge < -0.3 is 4.55 Å². The number of alkyl halides is 1. The number of Topliss-reactive ketones (excluding diaryl/α,β-unsaturated/α-hetero) is 1. The van der Waals surface area contributed by atoms with Crippen LogP contribution in [0.15, 0.2) is 59.5 Å². The van der Waals surface area contributed by atoms with Gasteiger partial charge >= 0.3 is 0 Å². The summed E-state index contributed by atoms with van der Waals surface area (Å²) in [7, 11) is -4.46. The van der Waals surface area contributed by atoms with Gasteiger partial charge in [-0.25, -0.2) is 12.8 Å². The zero-order valence-electron chi connectivity index (χ0n) is 18.7. The second-order valence-corrected chi connectivity index (χ2v) is 11.3. The lowest BCUT2D eigenvalue weighted by Crippen LogP contribution is -2.47. The van der Waals surface area contributed by atoms with E-state index in [0.29, 0.717) is 12.0 Å². The van der Waals surface area contributed by atoms with Gasteiger partial charge in [0.05, 0.1) is 4.90 Å². The highest BCUT2D eigenvalue weighted by molar-refractivity contribution is 7.99. The van der Waals surface area contributed by atoms with Gasteiger partial charge in [-0.3, -0.25) is 9.00 Å². The maximum absolute atomic E-state index is 15.4. The van der Waals surface area contributed by atoms with Crippen molar-refractivity contribution < 1.29 is 26.4 Å². The van der Waals surface area contributed by atoms with E-state index in [-0.39, 0.29) is 20.8 Å². The lowest BCUT2D eigenvalue weighted by Gasteiger charge is -2.37. The van der Waals surface area contributed by atoms with Crippen LogP contribution in [0.5, 0.6) is 0 Å². The minimum atomic E-state index is -4.46. The van der Waals surface area contributed by atoms with E-state index in [1.807, 2.05) is 13.8 Å². The molecule has 2 rings (SSSR count). The highest BCUT2D eigenvalue weighted by Gasteiger charge is 2.43.